The van der Waals surface area contributed by atoms with Gasteiger partial charge in [-0.2, -0.15) is 0 Å². The van der Waals surface area contributed by atoms with Crippen molar-refractivity contribution in [3.8, 4) is 11.1 Å². The number of H-pyrrole nitrogens is 1. The first-order chi connectivity index (χ1) is 18.2. The summed E-state index contributed by atoms with van der Waals surface area (Å²) in [6.45, 7) is 0. The second-order valence-electron chi connectivity index (χ2n) is 10.0. The van der Waals surface area contributed by atoms with Crippen LogP contribution < -0.4 is 0 Å². The summed E-state index contributed by atoms with van der Waals surface area (Å²) in [6, 6.07) is 40.1. The lowest BCUT2D eigenvalue weighted by atomic mass is 9.97. The van der Waals surface area contributed by atoms with Gasteiger partial charge in [0.05, 0.1) is 16.6 Å². The molecule has 3 heterocycles. The SMILES string of the molecule is Brc1cccc2cc3c4cc(-c5ccc6[nH]c7ccccc7c6c5)cc5c6ccccc6n(c3cc12)c54. The molecule has 0 fully saturated rings. The van der Waals surface area contributed by atoms with Crippen LogP contribution in [0.25, 0.3) is 81.8 Å². The van der Waals surface area contributed by atoms with E-state index in [4.69, 9.17) is 0 Å². The minimum Gasteiger partial charge on any atom is -0.355 e. The summed E-state index contributed by atoms with van der Waals surface area (Å²) in [7, 11) is 0. The van der Waals surface area contributed by atoms with Gasteiger partial charge in [0.25, 0.3) is 0 Å². The lowest BCUT2D eigenvalue weighted by Crippen LogP contribution is -1.81. The molecule has 37 heavy (non-hydrogen) atoms. The summed E-state index contributed by atoms with van der Waals surface area (Å²) in [5.41, 5.74) is 8.66. The predicted molar refractivity (Wildman–Crippen MR) is 161 cm³/mol. The number of halogens is 1. The highest BCUT2D eigenvalue weighted by atomic mass is 79.9. The first kappa shape index (κ1) is 19.8. The molecule has 0 spiro atoms. The van der Waals surface area contributed by atoms with Crippen LogP contribution in [0.2, 0.25) is 0 Å². The van der Waals surface area contributed by atoms with Crippen LogP contribution >= 0.6 is 15.9 Å². The van der Waals surface area contributed by atoms with Crippen molar-refractivity contribution in [1.29, 1.82) is 0 Å². The molecule has 2 nitrogen and oxygen atoms in total. The van der Waals surface area contributed by atoms with Gasteiger partial charge in [0.15, 0.2) is 0 Å². The van der Waals surface area contributed by atoms with Gasteiger partial charge in [-0.3, -0.25) is 0 Å². The fraction of sp³-hybridized carbons (Fsp3) is 0. The van der Waals surface area contributed by atoms with Crippen LogP contribution in [-0.4, -0.2) is 9.38 Å². The largest absolute Gasteiger partial charge is 0.355 e. The first-order valence-corrected chi connectivity index (χ1v) is 13.3. The fourth-order valence-corrected chi connectivity index (χ4v) is 6.92. The van der Waals surface area contributed by atoms with E-state index in [1.165, 1.54) is 81.8 Å². The van der Waals surface area contributed by atoms with Gasteiger partial charge >= 0.3 is 0 Å². The molecule has 1 N–H and O–H groups in total. The van der Waals surface area contributed by atoms with Gasteiger partial charge in [0.2, 0.25) is 0 Å². The second-order valence-corrected chi connectivity index (χ2v) is 10.9. The molecule has 0 aliphatic rings. The first-order valence-electron chi connectivity index (χ1n) is 12.6. The standard InChI is InChI=1S/C34H19BrN2/c35-29-9-5-6-20-15-26-28-17-21(19-12-13-31-25(14-19)22-7-1-3-10-30(22)36-31)16-27-23-8-2-4-11-32(23)37(34(27)28)33(26)18-24(20)29/h1-18,36H. The number of aromatic amines is 1. The van der Waals surface area contributed by atoms with E-state index in [0.29, 0.717) is 0 Å². The second kappa shape index (κ2) is 6.90. The lowest BCUT2D eigenvalue weighted by Gasteiger charge is -2.06. The molecular formula is C34H19BrN2. The predicted octanol–water partition coefficient (Wildman–Crippen LogP) is 10.1. The quantitative estimate of drug-likeness (QED) is 0.216. The number of hydrogen-bond donors (Lipinski definition) is 1. The zero-order valence-corrected chi connectivity index (χ0v) is 21.3. The Hall–Kier alpha value is -4.34. The van der Waals surface area contributed by atoms with Crippen molar-refractivity contribution in [1.82, 2.24) is 9.38 Å². The minimum atomic E-state index is 1.13. The van der Waals surface area contributed by atoms with E-state index in [2.05, 4.69) is 135 Å². The zero-order chi connectivity index (χ0) is 24.2. The van der Waals surface area contributed by atoms with Crippen molar-refractivity contribution in [2.24, 2.45) is 0 Å². The van der Waals surface area contributed by atoms with Crippen molar-refractivity contribution in [2.45, 2.75) is 0 Å². The summed E-state index contributed by atoms with van der Waals surface area (Å²) in [5.74, 6) is 0. The molecule has 0 bridgehead atoms. The van der Waals surface area contributed by atoms with Crippen LogP contribution in [0, 0.1) is 0 Å². The Bertz CT molecular complexity index is 2370. The summed E-state index contributed by atoms with van der Waals surface area (Å²) in [4.78, 5) is 3.56. The van der Waals surface area contributed by atoms with E-state index in [0.717, 1.165) is 4.47 Å². The molecule has 0 aliphatic heterocycles. The number of benzene rings is 6. The maximum Gasteiger partial charge on any atom is 0.0620 e. The van der Waals surface area contributed by atoms with Crippen LogP contribution in [0.15, 0.2) is 114 Å². The molecule has 9 rings (SSSR count). The van der Waals surface area contributed by atoms with Crippen molar-refractivity contribution in [3.63, 3.8) is 0 Å². The number of nitrogens with one attached hydrogen (secondary N) is 1. The molecule has 0 radical (unpaired) electrons. The number of rotatable bonds is 1. The van der Waals surface area contributed by atoms with E-state index in [9.17, 15) is 0 Å². The summed E-state index contributed by atoms with van der Waals surface area (Å²) in [5, 5.41) is 10.2. The molecule has 3 aromatic heterocycles. The van der Waals surface area contributed by atoms with Crippen LogP contribution in [0.5, 0.6) is 0 Å². The van der Waals surface area contributed by atoms with Crippen molar-refractivity contribution in [2.75, 3.05) is 0 Å². The van der Waals surface area contributed by atoms with Gasteiger partial charge in [0, 0.05) is 47.8 Å². The molecule has 172 valence electrons. The molecular weight excluding hydrogens is 516 g/mol. The summed E-state index contributed by atoms with van der Waals surface area (Å²) < 4.78 is 3.59. The van der Waals surface area contributed by atoms with Gasteiger partial charge in [-0.25, -0.2) is 0 Å². The van der Waals surface area contributed by atoms with Gasteiger partial charge in [-0.05, 0) is 76.5 Å². The third kappa shape index (κ3) is 2.54. The molecule has 0 unspecified atom stereocenters. The molecule has 0 atom stereocenters. The lowest BCUT2D eigenvalue weighted by molar-refractivity contribution is 1.37. The fourth-order valence-electron chi connectivity index (χ4n) is 6.42. The molecule has 0 amide bonds. The highest BCUT2D eigenvalue weighted by Crippen LogP contribution is 2.43. The highest BCUT2D eigenvalue weighted by molar-refractivity contribution is 9.10. The maximum absolute atomic E-state index is 3.78. The van der Waals surface area contributed by atoms with E-state index in [1.807, 2.05) is 0 Å². The molecule has 0 saturated heterocycles. The number of hydrogen-bond acceptors (Lipinski definition) is 0. The van der Waals surface area contributed by atoms with E-state index in [-0.39, 0.29) is 0 Å². The van der Waals surface area contributed by atoms with Crippen molar-refractivity contribution >= 4 is 86.6 Å². The molecule has 6 aromatic carbocycles. The van der Waals surface area contributed by atoms with Gasteiger partial charge < -0.3 is 9.38 Å². The van der Waals surface area contributed by atoms with E-state index in [1.54, 1.807) is 0 Å². The summed E-state index contributed by atoms with van der Waals surface area (Å²) in [6.07, 6.45) is 0. The topological polar surface area (TPSA) is 20.2 Å². The Balaban J connectivity index is 1.44. The Labute approximate surface area is 220 Å². The van der Waals surface area contributed by atoms with Crippen molar-refractivity contribution < 1.29 is 0 Å². The Kier molecular flexibility index (Phi) is 3.69. The van der Waals surface area contributed by atoms with Crippen molar-refractivity contribution in [3.05, 3.63) is 114 Å². The van der Waals surface area contributed by atoms with Crippen LogP contribution in [0.3, 0.4) is 0 Å². The Morgan fingerprint density at radius 2 is 1.24 bits per heavy atom. The Morgan fingerprint density at radius 3 is 2.16 bits per heavy atom. The maximum atomic E-state index is 3.78. The number of aromatic nitrogens is 2. The highest BCUT2D eigenvalue weighted by Gasteiger charge is 2.19. The normalized spacial score (nSPS) is 12.5. The van der Waals surface area contributed by atoms with Crippen LogP contribution in [0.1, 0.15) is 0 Å². The average molecular weight is 535 g/mol. The van der Waals surface area contributed by atoms with E-state index < -0.39 is 0 Å². The van der Waals surface area contributed by atoms with Gasteiger partial charge in [-0.1, -0.05) is 70.5 Å². The third-order valence-electron chi connectivity index (χ3n) is 8.08. The Morgan fingerprint density at radius 1 is 0.486 bits per heavy atom. The van der Waals surface area contributed by atoms with Crippen LogP contribution in [0.4, 0.5) is 0 Å². The average Bonchev–Trinajstić information content (AvgIpc) is 3.58. The van der Waals surface area contributed by atoms with Crippen LogP contribution in [-0.2, 0) is 0 Å². The van der Waals surface area contributed by atoms with Gasteiger partial charge in [-0.15, -0.1) is 0 Å². The molecule has 9 aromatic rings. The molecule has 0 saturated carbocycles. The molecule has 0 aliphatic carbocycles. The summed E-state index contributed by atoms with van der Waals surface area (Å²) >= 11 is 3.78. The number of para-hydroxylation sites is 2. The monoisotopic (exact) mass is 534 g/mol. The third-order valence-corrected chi connectivity index (χ3v) is 8.77. The zero-order valence-electron chi connectivity index (χ0n) is 19.7. The number of fused-ring (bicyclic) bond motifs is 10. The smallest absolute Gasteiger partial charge is 0.0620 e. The molecule has 3 heteroatoms. The number of nitrogens with zero attached hydrogens (tertiary/aromatic N) is 1. The van der Waals surface area contributed by atoms with Gasteiger partial charge in [0.1, 0.15) is 0 Å². The minimum absolute atomic E-state index is 1.13. The van der Waals surface area contributed by atoms with E-state index >= 15 is 0 Å².